The second kappa shape index (κ2) is 7.62. The third-order valence-corrected chi connectivity index (χ3v) is 4.83. The first-order valence-electron chi connectivity index (χ1n) is 8.09. The van der Waals surface area contributed by atoms with Crippen LogP contribution in [-0.4, -0.2) is 17.4 Å². The van der Waals surface area contributed by atoms with Crippen molar-refractivity contribution in [1.29, 1.82) is 0 Å². The zero-order valence-electron chi connectivity index (χ0n) is 13.9. The lowest BCUT2D eigenvalue weighted by molar-refractivity contribution is 0.0947. The van der Waals surface area contributed by atoms with E-state index in [1.54, 1.807) is 18.5 Å². The van der Waals surface area contributed by atoms with E-state index < -0.39 is 0 Å². The Morgan fingerprint density at radius 1 is 1.00 bits per heavy atom. The van der Waals surface area contributed by atoms with Crippen molar-refractivity contribution >= 4 is 21.8 Å². The van der Waals surface area contributed by atoms with Crippen LogP contribution in [0.25, 0.3) is 0 Å². The lowest BCUT2D eigenvalue weighted by atomic mass is 9.76. The molecule has 0 aliphatic carbocycles. The number of aromatic nitrogens is 1. The average molecular weight is 395 g/mol. The lowest BCUT2D eigenvalue weighted by Gasteiger charge is -2.31. The summed E-state index contributed by atoms with van der Waals surface area (Å²) in [6.07, 6.45) is 3.23. The van der Waals surface area contributed by atoms with Crippen LogP contribution in [0.3, 0.4) is 0 Å². The van der Waals surface area contributed by atoms with Gasteiger partial charge < -0.3 is 5.32 Å². The number of rotatable bonds is 5. The Morgan fingerprint density at radius 3 is 2.08 bits per heavy atom. The van der Waals surface area contributed by atoms with E-state index >= 15 is 0 Å². The molecule has 1 amide bonds. The molecule has 2 aromatic carbocycles. The Bertz CT molecular complexity index is 811. The number of nitrogens with zero attached hydrogens (tertiary/aromatic N) is 1. The number of hydrogen-bond donors (Lipinski definition) is 1. The molecule has 0 saturated carbocycles. The van der Waals surface area contributed by atoms with Crippen molar-refractivity contribution in [2.24, 2.45) is 0 Å². The van der Waals surface area contributed by atoms with Gasteiger partial charge in [0.15, 0.2) is 0 Å². The molecule has 3 aromatic rings. The fourth-order valence-corrected chi connectivity index (χ4v) is 3.24. The van der Waals surface area contributed by atoms with Crippen molar-refractivity contribution < 1.29 is 4.79 Å². The van der Waals surface area contributed by atoms with E-state index in [9.17, 15) is 4.79 Å². The summed E-state index contributed by atoms with van der Waals surface area (Å²) in [5.74, 6) is -0.133. The van der Waals surface area contributed by atoms with Gasteiger partial charge in [-0.1, -0.05) is 60.7 Å². The van der Waals surface area contributed by atoms with Crippen LogP contribution in [0.4, 0.5) is 0 Å². The minimum absolute atomic E-state index is 0.133. The third kappa shape index (κ3) is 3.97. The van der Waals surface area contributed by atoms with Crippen LogP contribution in [0.1, 0.15) is 28.4 Å². The molecule has 3 rings (SSSR count). The molecule has 1 N–H and O–H groups in total. The van der Waals surface area contributed by atoms with Gasteiger partial charge in [0.2, 0.25) is 0 Å². The summed E-state index contributed by atoms with van der Waals surface area (Å²) in [5.41, 5.74) is 2.54. The first-order chi connectivity index (χ1) is 12.1. The fraction of sp³-hybridized carbons (Fsp3) is 0.143. The van der Waals surface area contributed by atoms with Gasteiger partial charge in [-0.25, -0.2) is 0 Å². The van der Waals surface area contributed by atoms with Crippen molar-refractivity contribution in [3.63, 3.8) is 0 Å². The smallest absolute Gasteiger partial charge is 0.252 e. The molecule has 1 aromatic heterocycles. The highest BCUT2D eigenvalue weighted by molar-refractivity contribution is 9.10. The summed E-state index contributed by atoms with van der Waals surface area (Å²) in [5, 5.41) is 3.06. The molecule has 0 aliphatic rings. The van der Waals surface area contributed by atoms with Crippen LogP contribution < -0.4 is 5.32 Å². The molecule has 0 radical (unpaired) electrons. The maximum absolute atomic E-state index is 12.5. The number of benzene rings is 2. The fourth-order valence-electron chi connectivity index (χ4n) is 2.88. The summed E-state index contributed by atoms with van der Waals surface area (Å²) >= 11 is 3.35. The average Bonchev–Trinajstić information content (AvgIpc) is 2.67. The van der Waals surface area contributed by atoms with E-state index in [1.165, 1.54) is 0 Å². The molecule has 0 bridgehead atoms. The van der Waals surface area contributed by atoms with Gasteiger partial charge in [-0.15, -0.1) is 0 Å². The van der Waals surface area contributed by atoms with E-state index in [2.05, 4.69) is 57.4 Å². The molecule has 0 fully saturated rings. The van der Waals surface area contributed by atoms with Crippen molar-refractivity contribution in [3.8, 4) is 0 Å². The summed E-state index contributed by atoms with van der Waals surface area (Å²) in [7, 11) is 0. The zero-order valence-corrected chi connectivity index (χ0v) is 15.5. The number of amides is 1. The van der Waals surface area contributed by atoms with Gasteiger partial charge in [-0.05, 0) is 40.0 Å². The van der Waals surface area contributed by atoms with Crippen molar-refractivity contribution in [3.05, 3.63) is 100 Å². The number of carbonyl (C=O) groups is 1. The van der Waals surface area contributed by atoms with E-state index in [-0.39, 0.29) is 11.3 Å². The number of nitrogens with one attached hydrogen (secondary N) is 1. The Balaban J connectivity index is 1.88. The molecular formula is C21H19BrN2O. The van der Waals surface area contributed by atoms with Crippen LogP contribution in [0.5, 0.6) is 0 Å². The molecule has 1 heterocycles. The van der Waals surface area contributed by atoms with Crippen LogP contribution >= 0.6 is 15.9 Å². The lowest BCUT2D eigenvalue weighted by Crippen LogP contribution is -2.39. The normalized spacial score (nSPS) is 11.1. The number of hydrogen-bond acceptors (Lipinski definition) is 2. The second-order valence-electron chi connectivity index (χ2n) is 6.14. The van der Waals surface area contributed by atoms with E-state index in [0.29, 0.717) is 12.1 Å². The summed E-state index contributed by atoms with van der Waals surface area (Å²) in [4.78, 5) is 16.6. The molecule has 0 aliphatic heterocycles. The van der Waals surface area contributed by atoms with E-state index in [4.69, 9.17) is 0 Å². The SMILES string of the molecule is CC(CNC(=O)c1cncc(Br)c1)(c1ccccc1)c1ccccc1. The first kappa shape index (κ1) is 17.4. The Kier molecular flexibility index (Phi) is 5.29. The molecule has 0 unspecified atom stereocenters. The highest BCUT2D eigenvalue weighted by atomic mass is 79.9. The van der Waals surface area contributed by atoms with Crippen LogP contribution in [0, 0.1) is 0 Å². The Labute approximate surface area is 156 Å². The first-order valence-corrected chi connectivity index (χ1v) is 8.89. The quantitative estimate of drug-likeness (QED) is 0.687. The van der Waals surface area contributed by atoms with Gasteiger partial charge in [0, 0.05) is 28.8 Å². The molecule has 0 atom stereocenters. The van der Waals surface area contributed by atoms with Crippen molar-refractivity contribution in [2.75, 3.05) is 6.54 Å². The minimum atomic E-state index is -0.322. The number of pyridine rings is 1. The molecule has 3 nitrogen and oxygen atoms in total. The van der Waals surface area contributed by atoms with Gasteiger partial charge in [0.25, 0.3) is 5.91 Å². The monoisotopic (exact) mass is 394 g/mol. The molecule has 4 heteroatoms. The zero-order chi connectivity index (χ0) is 17.7. The molecule has 0 spiro atoms. The highest BCUT2D eigenvalue weighted by Crippen LogP contribution is 2.31. The maximum atomic E-state index is 12.5. The van der Waals surface area contributed by atoms with Crippen LogP contribution in [-0.2, 0) is 5.41 Å². The number of halogens is 1. The van der Waals surface area contributed by atoms with Gasteiger partial charge in [-0.3, -0.25) is 9.78 Å². The van der Waals surface area contributed by atoms with Crippen molar-refractivity contribution in [1.82, 2.24) is 10.3 Å². The molecule has 0 saturated heterocycles. The minimum Gasteiger partial charge on any atom is -0.351 e. The topological polar surface area (TPSA) is 42.0 Å². The van der Waals surface area contributed by atoms with Crippen LogP contribution in [0.2, 0.25) is 0 Å². The van der Waals surface area contributed by atoms with Gasteiger partial charge in [0.05, 0.1) is 5.56 Å². The molecule has 25 heavy (non-hydrogen) atoms. The Hall–Kier alpha value is -2.46. The van der Waals surface area contributed by atoms with E-state index in [1.807, 2.05) is 36.4 Å². The van der Waals surface area contributed by atoms with E-state index in [0.717, 1.165) is 15.6 Å². The third-order valence-electron chi connectivity index (χ3n) is 4.39. The van der Waals surface area contributed by atoms with Gasteiger partial charge >= 0.3 is 0 Å². The van der Waals surface area contributed by atoms with Gasteiger partial charge in [-0.2, -0.15) is 0 Å². The van der Waals surface area contributed by atoms with Gasteiger partial charge in [0.1, 0.15) is 0 Å². The molecular weight excluding hydrogens is 376 g/mol. The summed E-state index contributed by atoms with van der Waals surface area (Å²) in [6.45, 7) is 2.64. The predicted octanol–water partition coefficient (Wildman–Crippen LogP) is 4.58. The number of carbonyl (C=O) groups excluding carboxylic acids is 1. The largest absolute Gasteiger partial charge is 0.351 e. The molecule has 126 valence electrons. The second-order valence-corrected chi connectivity index (χ2v) is 7.05. The predicted molar refractivity (Wildman–Crippen MR) is 104 cm³/mol. The Morgan fingerprint density at radius 2 is 1.56 bits per heavy atom. The summed E-state index contributed by atoms with van der Waals surface area (Å²) < 4.78 is 0.786. The maximum Gasteiger partial charge on any atom is 0.252 e. The van der Waals surface area contributed by atoms with Crippen LogP contribution in [0.15, 0.2) is 83.6 Å². The summed E-state index contributed by atoms with van der Waals surface area (Å²) in [6, 6.07) is 22.3. The van der Waals surface area contributed by atoms with Crippen molar-refractivity contribution in [2.45, 2.75) is 12.3 Å². The standard InChI is InChI=1S/C21H19BrN2O/c1-21(17-8-4-2-5-9-17,18-10-6-3-7-11-18)15-24-20(25)16-12-19(22)14-23-13-16/h2-14H,15H2,1H3,(H,24,25). The highest BCUT2D eigenvalue weighted by Gasteiger charge is 2.29.